The van der Waals surface area contributed by atoms with Crippen molar-refractivity contribution in [2.24, 2.45) is 0 Å². The van der Waals surface area contributed by atoms with Crippen LogP contribution in [0, 0.1) is 0 Å². The molecule has 6 nitrogen and oxygen atoms in total. The predicted molar refractivity (Wildman–Crippen MR) is 102 cm³/mol. The number of ether oxygens (including phenoxy) is 1. The molecule has 6 heteroatoms. The highest BCUT2D eigenvalue weighted by molar-refractivity contribution is 5.88. The van der Waals surface area contributed by atoms with Gasteiger partial charge in [0.1, 0.15) is 5.75 Å². The van der Waals surface area contributed by atoms with Gasteiger partial charge in [-0.1, -0.05) is 48.5 Å². The van der Waals surface area contributed by atoms with Crippen LogP contribution in [0.4, 0.5) is 4.79 Å². The SMILES string of the molecule is COc1ccccc1CNC(=O)C1(c2ccccc2)CCN(C(=O)O)CC1. The van der Waals surface area contributed by atoms with E-state index in [-0.39, 0.29) is 5.91 Å². The maximum Gasteiger partial charge on any atom is 0.407 e. The van der Waals surface area contributed by atoms with Gasteiger partial charge in [-0.25, -0.2) is 4.79 Å². The van der Waals surface area contributed by atoms with Crippen LogP contribution in [0.25, 0.3) is 0 Å². The zero-order valence-corrected chi connectivity index (χ0v) is 15.4. The van der Waals surface area contributed by atoms with E-state index in [1.54, 1.807) is 7.11 Å². The number of benzene rings is 2. The molecule has 0 unspecified atom stereocenters. The number of hydrogen-bond donors (Lipinski definition) is 2. The Kier molecular flexibility index (Phi) is 5.64. The molecular formula is C21H24N2O4. The first-order valence-corrected chi connectivity index (χ1v) is 9.00. The number of nitrogens with one attached hydrogen (secondary N) is 1. The van der Waals surface area contributed by atoms with Gasteiger partial charge in [0.2, 0.25) is 5.91 Å². The lowest BCUT2D eigenvalue weighted by atomic mass is 9.72. The maximum absolute atomic E-state index is 13.3. The predicted octanol–water partition coefficient (Wildman–Crippen LogP) is 3.02. The van der Waals surface area contributed by atoms with Gasteiger partial charge in [0.05, 0.1) is 12.5 Å². The molecule has 0 aliphatic carbocycles. The molecule has 27 heavy (non-hydrogen) atoms. The van der Waals surface area contributed by atoms with Crippen LogP contribution in [0.1, 0.15) is 24.0 Å². The van der Waals surface area contributed by atoms with E-state index in [2.05, 4.69) is 5.32 Å². The van der Waals surface area contributed by atoms with Crippen molar-refractivity contribution >= 4 is 12.0 Å². The third-order valence-electron chi connectivity index (χ3n) is 5.28. The molecule has 2 amide bonds. The van der Waals surface area contributed by atoms with Gasteiger partial charge < -0.3 is 20.1 Å². The van der Waals surface area contributed by atoms with E-state index in [1.165, 1.54) is 4.90 Å². The van der Waals surface area contributed by atoms with Crippen LogP contribution >= 0.6 is 0 Å². The Morgan fingerprint density at radius 1 is 1.07 bits per heavy atom. The minimum Gasteiger partial charge on any atom is -0.496 e. The Hall–Kier alpha value is -3.02. The number of carbonyl (C=O) groups excluding carboxylic acids is 1. The summed E-state index contributed by atoms with van der Waals surface area (Å²) in [6, 6.07) is 17.2. The normalized spacial score (nSPS) is 15.8. The van der Waals surface area contributed by atoms with E-state index < -0.39 is 11.5 Å². The molecule has 1 fully saturated rings. The minimum atomic E-state index is -0.939. The van der Waals surface area contributed by atoms with Gasteiger partial charge >= 0.3 is 6.09 Å². The number of para-hydroxylation sites is 1. The van der Waals surface area contributed by atoms with E-state index in [9.17, 15) is 14.7 Å². The van der Waals surface area contributed by atoms with Gasteiger partial charge in [0.15, 0.2) is 0 Å². The summed E-state index contributed by atoms with van der Waals surface area (Å²) in [4.78, 5) is 25.9. The van der Waals surface area contributed by atoms with Crippen molar-refractivity contribution in [3.8, 4) is 5.75 Å². The molecule has 0 saturated carbocycles. The number of methoxy groups -OCH3 is 1. The van der Waals surface area contributed by atoms with Crippen LogP contribution in [-0.4, -0.2) is 42.2 Å². The highest BCUT2D eigenvalue weighted by Crippen LogP contribution is 2.36. The van der Waals surface area contributed by atoms with Crippen molar-refractivity contribution < 1.29 is 19.4 Å². The summed E-state index contributed by atoms with van der Waals surface area (Å²) in [5.41, 5.74) is 1.10. The topological polar surface area (TPSA) is 78.9 Å². The van der Waals surface area contributed by atoms with Crippen LogP contribution < -0.4 is 10.1 Å². The fourth-order valence-electron chi connectivity index (χ4n) is 3.68. The quantitative estimate of drug-likeness (QED) is 0.850. The monoisotopic (exact) mass is 368 g/mol. The van der Waals surface area contributed by atoms with Gasteiger partial charge in [-0.2, -0.15) is 0 Å². The van der Waals surface area contributed by atoms with Crippen molar-refractivity contribution in [1.82, 2.24) is 10.2 Å². The van der Waals surface area contributed by atoms with Gasteiger partial charge in [-0.05, 0) is 24.5 Å². The largest absolute Gasteiger partial charge is 0.496 e. The first kappa shape index (κ1) is 18.8. The van der Waals surface area contributed by atoms with Crippen LogP contribution in [0.3, 0.4) is 0 Å². The van der Waals surface area contributed by atoms with Gasteiger partial charge in [0.25, 0.3) is 0 Å². The lowest BCUT2D eigenvalue weighted by Gasteiger charge is -2.40. The highest BCUT2D eigenvalue weighted by atomic mass is 16.5. The third kappa shape index (κ3) is 3.89. The van der Waals surface area contributed by atoms with Crippen LogP contribution in [0.5, 0.6) is 5.75 Å². The number of piperidine rings is 1. The minimum absolute atomic E-state index is 0.0790. The van der Waals surface area contributed by atoms with Gasteiger partial charge in [0, 0.05) is 25.2 Å². The van der Waals surface area contributed by atoms with Crippen molar-refractivity contribution in [2.45, 2.75) is 24.8 Å². The van der Waals surface area contributed by atoms with Crippen molar-refractivity contribution in [3.63, 3.8) is 0 Å². The zero-order chi connectivity index (χ0) is 19.3. The van der Waals surface area contributed by atoms with Crippen molar-refractivity contribution in [1.29, 1.82) is 0 Å². The molecule has 2 N–H and O–H groups in total. The second-order valence-corrected chi connectivity index (χ2v) is 6.71. The number of likely N-dealkylation sites (tertiary alicyclic amines) is 1. The van der Waals surface area contributed by atoms with Crippen LogP contribution in [-0.2, 0) is 16.8 Å². The number of rotatable bonds is 5. The molecule has 1 saturated heterocycles. The molecule has 1 aliphatic rings. The smallest absolute Gasteiger partial charge is 0.407 e. The number of carbonyl (C=O) groups is 2. The fraction of sp³-hybridized carbons (Fsp3) is 0.333. The molecule has 1 heterocycles. The Labute approximate surface area is 158 Å². The number of amides is 2. The summed E-state index contributed by atoms with van der Waals surface area (Å²) < 4.78 is 5.35. The second kappa shape index (κ2) is 8.12. The van der Waals surface area contributed by atoms with E-state index in [4.69, 9.17) is 4.74 Å². The molecule has 1 aliphatic heterocycles. The highest BCUT2D eigenvalue weighted by Gasteiger charge is 2.43. The van der Waals surface area contributed by atoms with E-state index in [0.717, 1.165) is 16.9 Å². The molecule has 0 spiro atoms. The van der Waals surface area contributed by atoms with Crippen LogP contribution in [0.2, 0.25) is 0 Å². The Bertz CT molecular complexity index is 799. The number of carboxylic acid groups (broad SMARTS) is 1. The summed E-state index contributed by atoms with van der Waals surface area (Å²) in [6.45, 7) is 1.04. The average Bonchev–Trinajstić information content (AvgIpc) is 2.72. The summed E-state index contributed by atoms with van der Waals surface area (Å²) in [7, 11) is 1.60. The second-order valence-electron chi connectivity index (χ2n) is 6.71. The maximum atomic E-state index is 13.3. The Balaban J connectivity index is 1.81. The van der Waals surface area contributed by atoms with Crippen molar-refractivity contribution in [3.05, 3.63) is 65.7 Å². The first-order chi connectivity index (χ1) is 13.1. The molecule has 0 bridgehead atoms. The molecule has 2 aromatic carbocycles. The van der Waals surface area contributed by atoms with Gasteiger partial charge in [-0.15, -0.1) is 0 Å². The van der Waals surface area contributed by atoms with E-state index in [0.29, 0.717) is 32.5 Å². The molecule has 3 rings (SSSR count). The lowest BCUT2D eigenvalue weighted by molar-refractivity contribution is -0.128. The van der Waals surface area contributed by atoms with E-state index >= 15 is 0 Å². The third-order valence-corrected chi connectivity index (χ3v) is 5.28. The Morgan fingerprint density at radius 2 is 1.70 bits per heavy atom. The van der Waals surface area contributed by atoms with Crippen LogP contribution in [0.15, 0.2) is 54.6 Å². The molecular weight excluding hydrogens is 344 g/mol. The Morgan fingerprint density at radius 3 is 2.33 bits per heavy atom. The molecule has 0 atom stereocenters. The first-order valence-electron chi connectivity index (χ1n) is 9.00. The zero-order valence-electron chi connectivity index (χ0n) is 15.4. The molecule has 0 aromatic heterocycles. The van der Waals surface area contributed by atoms with E-state index in [1.807, 2.05) is 54.6 Å². The average molecular weight is 368 g/mol. The lowest BCUT2D eigenvalue weighted by Crippen LogP contribution is -2.52. The summed E-state index contributed by atoms with van der Waals surface area (Å²) in [5.74, 6) is 0.650. The summed E-state index contributed by atoms with van der Waals surface area (Å²) >= 11 is 0. The molecule has 2 aromatic rings. The summed E-state index contributed by atoms with van der Waals surface area (Å²) in [6.07, 6.45) is -0.0200. The standard InChI is InChI=1S/C21H24N2O4/c1-27-18-10-6-5-7-16(18)15-22-19(24)21(17-8-3-2-4-9-17)11-13-23(14-12-21)20(25)26/h2-10H,11-15H2,1H3,(H,22,24)(H,25,26). The van der Waals surface area contributed by atoms with Gasteiger partial charge in [-0.3, -0.25) is 4.79 Å². The fourth-order valence-corrected chi connectivity index (χ4v) is 3.68. The molecule has 142 valence electrons. The number of hydrogen-bond acceptors (Lipinski definition) is 3. The number of nitrogens with zero attached hydrogens (tertiary/aromatic N) is 1. The summed E-state index contributed by atoms with van der Waals surface area (Å²) in [5, 5.41) is 12.3. The molecule has 0 radical (unpaired) electrons. The van der Waals surface area contributed by atoms with Crippen molar-refractivity contribution in [2.75, 3.05) is 20.2 Å².